The number of methoxy groups -OCH3 is 1. The lowest BCUT2D eigenvalue weighted by atomic mass is 10.1. The van der Waals surface area contributed by atoms with E-state index < -0.39 is 0 Å². The molecule has 1 aromatic rings. The smallest absolute Gasteiger partial charge is 0.243 e. The van der Waals surface area contributed by atoms with Crippen molar-refractivity contribution in [1.82, 2.24) is 5.32 Å². The molecule has 0 aromatic heterocycles. The molecule has 1 rings (SSSR count). The number of benzene rings is 1. The SMILES string of the molecule is C=CC(=O)NCc1cc(C)ccc1OC.CC. The van der Waals surface area contributed by atoms with Crippen LogP contribution in [0.2, 0.25) is 0 Å². The normalized spacial score (nSPS) is 8.71. The van der Waals surface area contributed by atoms with Crippen molar-refractivity contribution in [3.8, 4) is 5.75 Å². The summed E-state index contributed by atoms with van der Waals surface area (Å²) in [5, 5.41) is 2.71. The molecule has 1 amide bonds. The highest BCUT2D eigenvalue weighted by molar-refractivity contribution is 5.86. The maximum Gasteiger partial charge on any atom is 0.243 e. The molecule has 0 aliphatic rings. The molecule has 0 heterocycles. The van der Waals surface area contributed by atoms with Crippen LogP contribution in [0, 0.1) is 6.92 Å². The third-order valence-electron chi connectivity index (χ3n) is 2.07. The summed E-state index contributed by atoms with van der Waals surface area (Å²) < 4.78 is 5.19. The van der Waals surface area contributed by atoms with E-state index in [1.54, 1.807) is 7.11 Å². The Balaban J connectivity index is 0.00000121. The molecule has 3 heteroatoms. The van der Waals surface area contributed by atoms with Gasteiger partial charge in [-0.15, -0.1) is 0 Å². The molecule has 0 spiro atoms. The summed E-state index contributed by atoms with van der Waals surface area (Å²) in [6.45, 7) is 9.84. The zero-order valence-electron chi connectivity index (χ0n) is 11.0. The van der Waals surface area contributed by atoms with Crippen molar-refractivity contribution in [1.29, 1.82) is 0 Å². The Hall–Kier alpha value is -1.77. The largest absolute Gasteiger partial charge is 0.496 e. The first-order valence-corrected chi connectivity index (χ1v) is 5.71. The van der Waals surface area contributed by atoms with E-state index in [-0.39, 0.29) is 5.91 Å². The van der Waals surface area contributed by atoms with E-state index in [9.17, 15) is 4.79 Å². The number of amides is 1. The standard InChI is InChI=1S/C12H15NO2.C2H6/c1-4-12(14)13-8-10-7-9(2)5-6-11(10)15-3;1-2/h4-7H,1,8H2,2-3H3,(H,13,14);1-2H3. The number of carbonyl (C=O) groups is 1. The van der Waals surface area contributed by atoms with Crippen LogP contribution >= 0.6 is 0 Å². The van der Waals surface area contributed by atoms with Gasteiger partial charge >= 0.3 is 0 Å². The molecule has 0 unspecified atom stereocenters. The molecule has 0 aliphatic heterocycles. The predicted molar refractivity (Wildman–Crippen MR) is 71.1 cm³/mol. The molecular formula is C14H21NO2. The fourth-order valence-corrected chi connectivity index (χ4v) is 1.30. The maximum absolute atomic E-state index is 11.0. The Morgan fingerprint density at radius 3 is 2.65 bits per heavy atom. The molecular weight excluding hydrogens is 214 g/mol. The summed E-state index contributed by atoms with van der Waals surface area (Å²) in [5.74, 6) is 0.600. The van der Waals surface area contributed by atoms with Gasteiger partial charge in [0.15, 0.2) is 0 Å². The Morgan fingerprint density at radius 2 is 2.12 bits per heavy atom. The van der Waals surface area contributed by atoms with Gasteiger partial charge in [-0.2, -0.15) is 0 Å². The number of nitrogens with one attached hydrogen (secondary N) is 1. The molecule has 0 atom stereocenters. The minimum atomic E-state index is -0.182. The highest BCUT2D eigenvalue weighted by Crippen LogP contribution is 2.19. The predicted octanol–water partition coefficient (Wildman–Crippen LogP) is 2.83. The number of hydrogen-bond acceptors (Lipinski definition) is 2. The van der Waals surface area contributed by atoms with Crippen LogP contribution in [0.15, 0.2) is 30.9 Å². The monoisotopic (exact) mass is 235 g/mol. The van der Waals surface area contributed by atoms with Gasteiger partial charge in [-0.05, 0) is 19.1 Å². The summed E-state index contributed by atoms with van der Waals surface area (Å²) in [5.41, 5.74) is 2.10. The first-order chi connectivity index (χ1) is 8.17. The van der Waals surface area contributed by atoms with Crippen LogP contribution in [0.1, 0.15) is 25.0 Å². The van der Waals surface area contributed by atoms with Crippen molar-refractivity contribution in [2.45, 2.75) is 27.3 Å². The zero-order valence-corrected chi connectivity index (χ0v) is 11.0. The third kappa shape index (κ3) is 5.20. The van der Waals surface area contributed by atoms with E-state index in [1.165, 1.54) is 6.08 Å². The third-order valence-corrected chi connectivity index (χ3v) is 2.07. The van der Waals surface area contributed by atoms with Crippen LogP contribution in [0.3, 0.4) is 0 Å². The van der Waals surface area contributed by atoms with E-state index in [0.717, 1.165) is 16.9 Å². The average Bonchev–Trinajstić information content (AvgIpc) is 2.38. The Labute approximate surface area is 103 Å². The fourth-order valence-electron chi connectivity index (χ4n) is 1.30. The van der Waals surface area contributed by atoms with Gasteiger partial charge < -0.3 is 10.1 Å². The van der Waals surface area contributed by atoms with Crippen LogP contribution in [0.25, 0.3) is 0 Å². The van der Waals surface area contributed by atoms with Gasteiger partial charge in [0.05, 0.1) is 7.11 Å². The van der Waals surface area contributed by atoms with Gasteiger partial charge in [-0.3, -0.25) is 4.79 Å². The van der Waals surface area contributed by atoms with Gasteiger partial charge in [0.1, 0.15) is 5.75 Å². The second-order valence-electron chi connectivity index (χ2n) is 3.24. The van der Waals surface area contributed by atoms with Crippen LogP contribution in [0.5, 0.6) is 5.75 Å². The number of hydrogen-bond donors (Lipinski definition) is 1. The van der Waals surface area contributed by atoms with Gasteiger partial charge in [0.2, 0.25) is 5.91 Å². The molecule has 3 nitrogen and oxygen atoms in total. The summed E-state index contributed by atoms with van der Waals surface area (Å²) in [6, 6.07) is 5.85. The van der Waals surface area contributed by atoms with Crippen LogP contribution in [0.4, 0.5) is 0 Å². The van der Waals surface area contributed by atoms with E-state index in [1.807, 2.05) is 39.0 Å². The lowest BCUT2D eigenvalue weighted by molar-refractivity contribution is -0.116. The summed E-state index contributed by atoms with van der Waals surface area (Å²) in [7, 11) is 1.61. The van der Waals surface area contributed by atoms with E-state index in [0.29, 0.717) is 6.54 Å². The lowest BCUT2D eigenvalue weighted by Gasteiger charge is -2.09. The molecule has 0 saturated carbocycles. The topological polar surface area (TPSA) is 38.3 Å². The Bertz CT molecular complexity index is 372. The maximum atomic E-state index is 11.0. The van der Waals surface area contributed by atoms with Crippen molar-refractivity contribution in [2.24, 2.45) is 0 Å². The minimum absolute atomic E-state index is 0.182. The molecule has 0 fully saturated rings. The van der Waals surface area contributed by atoms with Crippen molar-refractivity contribution in [3.63, 3.8) is 0 Å². The summed E-state index contributed by atoms with van der Waals surface area (Å²) in [6.07, 6.45) is 1.25. The molecule has 0 bridgehead atoms. The molecule has 0 radical (unpaired) electrons. The van der Waals surface area contributed by atoms with Crippen molar-refractivity contribution < 1.29 is 9.53 Å². The molecule has 0 aliphatic carbocycles. The highest BCUT2D eigenvalue weighted by atomic mass is 16.5. The summed E-state index contributed by atoms with van der Waals surface area (Å²) >= 11 is 0. The average molecular weight is 235 g/mol. The van der Waals surface area contributed by atoms with Gasteiger partial charge in [-0.25, -0.2) is 0 Å². The number of carbonyl (C=O) groups excluding carboxylic acids is 1. The Morgan fingerprint density at radius 1 is 1.47 bits per heavy atom. The second kappa shape index (κ2) is 8.39. The molecule has 1 aromatic carbocycles. The first-order valence-electron chi connectivity index (χ1n) is 5.71. The molecule has 1 N–H and O–H groups in total. The summed E-state index contributed by atoms with van der Waals surface area (Å²) in [4.78, 5) is 11.0. The van der Waals surface area contributed by atoms with E-state index in [2.05, 4.69) is 11.9 Å². The molecule has 94 valence electrons. The van der Waals surface area contributed by atoms with Gasteiger partial charge in [0.25, 0.3) is 0 Å². The quantitative estimate of drug-likeness (QED) is 0.815. The number of rotatable bonds is 4. The number of ether oxygens (including phenoxy) is 1. The van der Waals surface area contributed by atoms with Gasteiger partial charge in [-0.1, -0.05) is 38.1 Å². The van der Waals surface area contributed by atoms with E-state index in [4.69, 9.17) is 4.74 Å². The molecule has 17 heavy (non-hydrogen) atoms. The lowest BCUT2D eigenvalue weighted by Crippen LogP contribution is -2.20. The first kappa shape index (κ1) is 15.2. The van der Waals surface area contributed by atoms with Crippen LogP contribution in [-0.2, 0) is 11.3 Å². The van der Waals surface area contributed by atoms with Crippen molar-refractivity contribution >= 4 is 5.91 Å². The van der Waals surface area contributed by atoms with Crippen molar-refractivity contribution in [3.05, 3.63) is 42.0 Å². The van der Waals surface area contributed by atoms with Gasteiger partial charge in [0, 0.05) is 12.1 Å². The second-order valence-corrected chi connectivity index (χ2v) is 3.24. The number of aryl methyl sites for hydroxylation is 1. The minimum Gasteiger partial charge on any atom is -0.496 e. The fraction of sp³-hybridized carbons (Fsp3) is 0.357. The van der Waals surface area contributed by atoms with Crippen molar-refractivity contribution in [2.75, 3.05) is 7.11 Å². The van der Waals surface area contributed by atoms with E-state index >= 15 is 0 Å². The van der Waals surface area contributed by atoms with Crippen LogP contribution in [-0.4, -0.2) is 13.0 Å². The Kier molecular flexibility index (Phi) is 7.52. The highest BCUT2D eigenvalue weighted by Gasteiger charge is 2.03. The molecule has 0 saturated heterocycles. The zero-order chi connectivity index (χ0) is 13.3. The van der Waals surface area contributed by atoms with Crippen LogP contribution < -0.4 is 10.1 Å².